The van der Waals surface area contributed by atoms with E-state index < -0.39 is 0 Å². The fraction of sp³-hybridized carbons (Fsp3) is 0.857. The van der Waals surface area contributed by atoms with Gasteiger partial charge in [-0.3, -0.25) is 4.48 Å². The molecule has 0 aliphatic heterocycles. The van der Waals surface area contributed by atoms with Gasteiger partial charge in [-0.2, -0.15) is 0 Å². The molecule has 49 heavy (non-hydrogen) atoms. The van der Waals surface area contributed by atoms with Crippen molar-refractivity contribution in [2.24, 2.45) is 0 Å². The van der Waals surface area contributed by atoms with Crippen LogP contribution in [0.4, 0.5) is 0 Å². The van der Waals surface area contributed by atoms with Crippen LogP contribution < -0.4 is 24.8 Å². The molecule has 0 bridgehead atoms. The predicted molar refractivity (Wildman–Crippen MR) is 205 cm³/mol. The van der Waals surface area contributed by atoms with E-state index in [1.54, 1.807) is 0 Å². The summed E-state index contributed by atoms with van der Waals surface area (Å²) in [7, 11) is 4.74. The molecule has 0 aliphatic carbocycles. The molecular formula is C42H84Cl2N2O3. The maximum atomic E-state index is 9.21. The van der Waals surface area contributed by atoms with E-state index in [2.05, 4.69) is 58.3 Å². The maximum absolute atomic E-state index is 9.21. The van der Waals surface area contributed by atoms with Gasteiger partial charge in [0, 0.05) is 5.56 Å². The summed E-state index contributed by atoms with van der Waals surface area (Å²) in [5.41, 5.74) is 1.46. The average Bonchev–Trinajstić information content (AvgIpc) is 3.08. The number of hydrogen-bond acceptors (Lipinski definition) is 3. The van der Waals surface area contributed by atoms with Gasteiger partial charge in [-0.1, -0.05) is 185 Å². The molecule has 1 aromatic rings. The lowest BCUT2D eigenvalue weighted by atomic mass is 10.0. The normalized spacial score (nSPS) is 11.4. The molecule has 1 aromatic carbocycles. The summed E-state index contributed by atoms with van der Waals surface area (Å²) in [5, 5.41) is 27.6. The molecule has 1 rings (SSSR count). The summed E-state index contributed by atoms with van der Waals surface area (Å²) < 4.78 is 1.11. The molecule has 0 aromatic heterocycles. The average molecular weight is 736 g/mol. The highest BCUT2D eigenvalue weighted by atomic mass is 35.5. The lowest BCUT2D eigenvalue weighted by molar-refractivity contribution is -0.976. The van der Waals surface area contributed by atoms with Gasteiger partial charge in [0.15, 0.2) is 20.2 Å². The Morgan fingerprint density at radius 1 is 0.408 bits per heavy atom. The van der Waals surface area contributed by atoms with Crippen molar-refractivity contribution >= 4 is 0 Å². The van der Waals surface area contributed by atoms with Gasteiger partial charge < -0.3 is 44.6 Å². The lowest BCUT2D eigenvalue weighted by Gasteiger charge is -2.31. The quantitative estimate of drug-likeness (QED) is 0.0535. The van der Waals surface area contributed by atoms with Gasteiger partial charge in [0.2, 0.25) is 0 Å². The van der Waals surface area contributed by atoms with Gasteiger partial charge in [0.05, 0.1) is 27.2 Å². The molecule has 0 unspecified atom stereocenters. The number of aliphatic hydroxyl groups is 3. The number of rotatable bonds is 33. The monoisotopic (exact) mass is 735 g/mol. The Hall–Kier alpha value is -0.400. The van der Waals surface area contributed by atoms with Gasteiger partial charge in [-0.25, -0.2) is 0 Å². The molecule has 0 spiro atoms. The van der Waals surface area contributed by atoms with Crippen LogP contribution in [0.5, 0.6) is 0 Å². The highest BCUT2D eigenvalue weighted by molar-refractivity contribution is 5.13. The first-order valence-corrected chi connectivity index (χ1v) is 20.4. The van der Waals surface area contributed by atoms with Gasteiger partial charge >= 0.3 is 0 Å². The largest absolute Gasteiger partial charge is 1.00 e. The van der Waals surface area contributed by atoms with Crippen molar-refractivity contribution in [3.63, 3.8) is 0 Å². The Morgan fingerprint density at radius 2 is 0.694 bits per heavy atom. The summed E-state index contributed by atoms with van der Waals surface area (Å²) in [4.78, 5) is 0. The van der Waals surface area contributed by atoms with Crippen LogP contribution in [0, 0.1) is 0 Å². The number of nitrogens with zero attached hydrogens (tertiary/aromatic N) is 2. The third kappa shape index (κ3) is 34.5. The number of halogens is 2. The Morgan fingerprint density at radius 3 is 1.00 bits per heavy atom. The number of benzene rings is 1. The van der Waals surface area contributed by atoms with E-state index in [1.165, 1.54) is 166 Å². The van der Waals surface area contributed by atoms with E-state index in [0.29, 0.717) is 6.54 Å². The zero-order valence-corrected chi connectivity index (χ0v) is 34.5. The van der Waals surface area contributed by atoms with E-state index >= 15 is 0 Å². The van der Waals surface area contributed by atoms with Gasteiger partial charge in [0.1, 0.15) is 6.54 Å². The van der Waals surface area contributed by atoms with Crippen molar-refractivity contribution in [1.82, 2.24) is 0 Å². The van der Waals surface area contributed by atoms with Gasteiger partial charge in [-0.15, -0.1) is 0 Å². The van der Waals surface area contributed by atoms with E-state index in [1.807, 2.05) is 0 Å². The van der Waals surface area contributed by atoms with Crippen molar-refractivity contribution in [3.05, 3.63) is 35.9 Å². The number of hydrogen-bond donors (Lipinski definition) is 3. The summed E-state index contributed by atoms with van der Waals surface area (Å²) in [6, 6.07) is 10.9. The third-order valence-corrected chi connectivity index (χ3v) is 9.96. The van der Waals surface area contributed by atoms with E-state index in [0.717, 1.165) is 23.9 Å². The molecule has 0 amide bonds. The van der Waals surface area contributed by atoms with Crippen LogP contribution in [0.2, 0.25) is 0 Å². The first-order valence-electron chi connectivity index (χ1n) is 20.4. The zero-order valence-electron chi connectivity index (χ0n) is 33.0. The van der Waals surface area contributed by atoms with Crippen LogP contribution in [-0.4, -0.2) is 71.7 Å². The minimum Gasteiger partial charge on any atom is -1.00 e. The minimum atomic E-state index is -0.189. The molecule has 0 heterocycles. The maximum Gasteiger partial charge on any atom is 0.183 e. The Labute approximate surface area is 318 Å². The third-order valence-electron chi connectivity index (χ3n) is 9.96. The van der Waals surface area contributed by atoms with Crippen LogP contribution in [-0.2, 0) is 6.54 Å². The highest BCUT2D eigenvalue weighted by Crippen LogP contribution is 2.16. The molecule has 0 saturated carbocycles. The first kappa shape index (κ1) is 53.0. The molecule has 7 heteroatoms. The molecule has 0 radical (unpaired) electrons. The van der Waals surface area contributed by atoms with Crippen molar-refractivity contribution in [2.75, 3.05) is 47.4 Å². The molecule has 3 N–H and O–H groups in total. The molecule has 0 aliphatic rings. The van der Waals surface area contributed by atoms with Crippen LogP contribution in [0.1, 0.15) is 186 Å². The smallest absolute Gasteiger partial charge is 0.183 e. The summed E-state index contributed by atoms with van der Waals surface area (Å²) in [6.45, 7) is 7.09. The second-order valence-electron chi connectivity index (χ2n) is 15.3. The van der Waals surface area contributed by atoms with Crippen LogP contribution in [0.3, 0.4) is 0 Å². The van der Waals surface area contributed by atoms with Crippen LogP contribution >= 0.6 is 0 Å². The van der Waals surface area contributed by atoms with Crippen molar-refractivity contribution in [1.29, 1.82) is 0 Å². The predicted octanol–water partition coefficient (Wildman–Crippen LogP) is 5.11. The molecular weight excluding hydrogens is 651 g/mol. The van der Waals surface area contributed by atoms with E-state index in [4.69, 9.17) is 0 Å². The summed E-state index contributed by atoms with van der Waals surface area (Å²) in [6.07, 6.45) is 35.7. The lowest BCUT2D eigenvalue weighted by Crippen LogP contribution is -3.00. The first-order chi connectivity index (χ1) is 22.9. The van der Waals surface area contributed by atoms with E-state index in [-0.39, 0.29) is 49.5 Å². The second-order valence-corrected chi connectivity index (χ2v) is 15.3. The summed E-state index contributed by atoms with van der Waals surface area (Å²) >= 11 is 0. The Bertz CT molecular complexity index is 742. The topological polar surface area (TPSA) is 60.7 Å². The zero-order chi connectivity index (χ0) is 34.7. The molecule has 0 fully saturated rings. The number of aliphatic hydroxyl groups excluding tert-OH is 3. The van der Waals surface area contributed by atoms with Crippen molar-refractivity contribution < 1.29 is 49.1 Å². The molecule has 294 valence electrons. The second kappa shape index (κ2) is 38.8. The fourth-order valence-electron chi connectivity index (χ4n) is 6.53. The van der Waals surface area contributed by atoms with Crippen molar-refractivity contribution in [2.45, 2.75) is 187 Å². The minimum absolute atomic E-state index is 0. The van der Waals surface area contributed by atoms with Gasteiger partial charge in [0.25, 0.3) is 0 Å². The molecule has 0 saturated heterocycles. The van der Waals surface area contributed by atoms with Crippen LogP contribution in [0.15, 0.2) is 30.3 Å². The number of unbranched alkanes of at least 4 members (excludes halogenated alkanes) is 24. The van der Waals surface area contributed by atoms with Gasteiger partial charge in [-0.05, 0) is 25.7 Å². The summed E-state index contributed by atoms with van der Waals surface area (Å²) in [5.74, 6) is 0. The standard InChI is InChI=1S/C25H46N.C17H38NO3.2ClH/c1-4-5-6-7-8-9-10-11-12-13-14-15-16-20-23-26(2,3)24-25-21-18-17-19-22-25;1-2-3-4-5-6-7-8-9-10-11-12-13-14-18(15-19,16-20)17-21;;/h17-19,21-22H,4-16,20,23-24H2,1-3H3;19-21H,2-17H2,1H3;2*1H/q2*+1;;/p-2. The Balaban J connectivity index is -0.000000849. The molecule has 0 atom stereocenters. The number of quaternary nitrogens is 2. The van der Waals surface area contributed by atoms with E-state index in [9.17, 15) is 15.3 Å². The Kier molecular flexibility index (Phi) is 42.0. The van der Waals surface area contributed by atoms with Crippen LogP contribution in [0.25, 0.3) is 0 Å². The highest BCUT2D eigenvalue weighted by Gasteiger charge is 2.23. The van der Waals surface area contributed by atoms with Crippen molar-refractivity contribution in [3.8, 4) is 0 Å². The fourth-order valence-corrected chi connectivity index (χ4v) is 6.53. The molecule has 5 nitrogen and oxygen atoms in total. The SMILES string of the molecule is CCCCCCCCCCCCCCCC[N+](C)(C)Cc1ccccc1.CCCCCCCCCCCCCC[N+](CO)(CO)CO.[Cl-].[Cl-].